The number of likely N-dealkylation sites (tertiary alicyclic amines) is 1. The van der Waals surface area contributed by atoms with Gasteiger partial charge in [0, 0.05) is 13.0 Å². The lowest BCUT2D eigenvalue weighted by Crippen LogP contribution is -2.49. The van der Waals surface area contributed by atoms with Crippen LogP contribution in [0.2, 0.25) is 0 Å². The number of amides is 2. The minimum absolute atomic E-state index is 0.105. The average Bonchev–Trinajstić information content (AvgIpc) is 2.89. The highest BCUT2D eigenvalue weighted by Crippen LogP contribution is 2.59. The van der Waals surface area contributed by atoms with Crippen LogP contribution in [0.4, 0.5) is 4.79 Å². The molecule has 2 amide bonds. The van der Waals surface area contributed by atoms with Crippen molar-refractivity contribution < 1.29 is 19.5 Å². The van der Waals surface area contributed by atoms with Crippen molar-refractivity contribution in [1.29, 1.82) is 0 Å². The molecule has 100 valence electrons. The highest BCUT2D eigenvalue weighted by atomic mass is 16.4. The molecule has 18 heavy (non-hydrogen) atoms. The second-order valence-corrected chi connectivity index (χ2v) is 5.33. The molecule has 0 radical (unpaired) electrons. The zero-order chi connectivity index (χ0) is 13.6. The van der Waals surface area contributed by atoms with Crippen LogP contribution in [0, 0.1) is 5.41 Å². The Balaban J connectivity index is 2.14. The zero-order valence-electron chi connectivity index (χ0n) is 10.7. The second kappa shape index (κ2) is 3.96. The third-order valence-electron chi connectivity index (χ3n) is 4.57. The molecule has 0 unspecified atom stereocenters. The molecular formula is C12H18N2O4. The minimum Gasteiger partial charge on any atom is -0.465 e. The molecule has 1 saturated carbocycles. The first kappa shape index (κ1) is 12.9. The van der Waals surface area contributed by atoms with Crippen molar-refractivity contribution >= 4 is 17.8 Å². The molecule has 6 heteroatoms. The molecule has 6 nitrogen and oxygen atoms in total. The number of carbonyl (C=O) groups excluding carboxylic acids is 2. The number of nitrogens with one attached hydrogen (secondary N) is 1. The number of hydrogen-bond acceptors (Lipinski definition) is 3. The third-order valence-corrected chi connectivity index (χ3v) is 4.57. The highest BCUT2D eigenvalue weighted by molar-refractivity contribution is 6.09. The standard InChI is InChI=1S/C12H18N2O4/c1-3-11(2)4-5-14(12(11)6-8(12)15)9(16)7-13-10(17)18/h13H,3-7H2,1-2H3,(H,17,18)/t11-,12-/m1/s1. The molecule has 2 N–H and O–H groups in total. The van der Waals surface area contributed by atoms with Crippen LogP contribution < -0.4 is 5.32 Å². The first-order valence-corrected chi connectivity index (χ1v) is 6.18. The van der Waals surface area contributed by atoms with E-state index < -0.39 is 11.6 Å². The lowest BCUT2D eigenvalue weighted by Gasteiger charge is -2.33. The van der Waals surface area contributed by atoms with Gasteiger partial charge in [0.1, 0.15) is 12.1 Å². The third kappa shape index (κ3) is 1.59. The summed E-state index contributed by atoms with van der Waals surface area (Å²) in [5, 5.41) is 10.6. The van der Waals surface area contributed by atoms with Crippen LogP contribution in [0.3, 0.4) is 0 Å². The lowest BCUT2D eigenvalue weighted by molar-refractivity contribution is -0.135. The predicted octanol–water partition coefficient (Wildman–Crippen LogP) is 0.614. The van der Waals surface area contributed by atoms with E-state index in [0.29, 0.717) is 13.0 Å². The largest absolute Gasteiger partial charge is 0.465 e. The van der Waals surface area contributed by atoms with Crippen LogP contribution in [0.15, 0.2) is 0 Å². The topological polar surface area (TPSA) is 86.7 Å². The quantitative estimate of drug-likeness (QED) is 0.772. The number of carboxylic acid groups (broad SMARTS) is 1. The molecule has 2 aliphatic rings. The number of Topliss-reactive ketones (excluding diaryl/α,β-unsaturated/α-hetero) is 1. The van der Waals surface area contributed by atoms with E-state index in [1.807, 2.05) is 13.8 Å². The molecular weight excluding hydrogens is 236 g/mol. The van der Waals surface area contributed by atoms with Crippen LogP contribution in [0.25, 0.3) is 0 Å². The summed E-state index contributed by atoms with van der Waals surface area (Å²) < 4.78 is 0. The average molecular weight is 254 g/mol. The van der Waals surface area contributed by atoms with E-state index >= 15 is 0 Å². The molecule has 0 bridgehead atoms. The van der Waals surface area contributed by atoms with Gasteiger partial charge in [-0.2, -0.15) is 0 Å². The van der Waals surface area contributed by atoms with Crippen molar-refractivity contribution in [2.24, 2.45) is 5.41 Å². The van der Waals surface area contributed by atoms with E-state index in [0.717, 1.165) is 12.8 Å². The predicted molar refractivity (Wildman–Crippen MR) is 63.1 cm³/mol. The smallest absolute Gasteiger partial charge is 0.405 e. The van der Waals surface area contributed by atoms with Gasteiger partial charge in [0.05, 0.1) is 0 Å². The fraction of sp³-hybridized carbons (Fsp3) is 0.750. The maximum Gasteiger partial charge on any atom is 0.405 e. The highest BCUT2D eigenvalue weighted by Gasteiger charge is 2.71. The molecule has 2 fully saturated rings. The fourth-order valence-corrected chi connectivity index (χ4v) is 3.12. The SMILES string of the molecule is CC[C@]1(C)CCN(C(=O)CNC(=O)O)[C@@]12CC2=O. The maximum absolute atomic E-state index is 12.0. The van der Waals surface area contributed by atoms with E-state index in [2.05, 4.69) is 5.32 Å². The Hall–Kier alpha value is -1.59. The zero-order valence-corrected chi connectivity index (χ0v) is 10.7. The van der Waals surface area contributed by atoms with Gasteiger partial charge in [0.2, 0.25) is 5.91 Å². The van der Waals surface area contributed by atoms with Crippen molar-refractivity contribution in [3.05, 3.63) is 0 Å². The van der Waals surface area contributed by atoms with Crippen LogP contribution in [0.1, 0.15) is 33.1 Å². The summed E-state index contributed by atoms with van der Waals surface area (Å²) in [4.78, 5) is 35.8. The van der Waals surface area contributed by atoms with Gasteiger partial charge in [-0.1, -0.05) is 13.8 Å². The van der Waals surface area contributed by atoms with Gasteiger partial charge in [-0.25, -0.2) is 4.79 Å². The summed E-state index contributed by atoms with van der Waals surface area (Å²) in [6.07, 6.45) is 0.830. The van der Waals surface area contributed by atoms with E-state index in [1.165, 1.54) is 0 Å². The number of carbonyl (C=O) groups is 3. The minimum atomic E-state index is -1.23. The monoisotopic (exact) mass is 254 g/mol. The first-order chi connectivity index (χ1) is 8.37. The van der Waals surface area contributed by atoms with Crippen molar-refractivity contribution in [2.75, 3.05) is 13.1 Å². The Morgan fingerprint density at radius 2 is 2.11 bits per heavy atom. The number of rotatable bonds is 3. The summed E-state index contributed by atoms with van der Waals surface area (Å²) in [5.41, 5.74) is -0.817. The molecule has 1 aliphatic heterocycles. The molecule has 1 saturated heterocycles. The second-order valence-electron chi connectivity index (χ2n) is 5.33. The molecule has 0 aromatic carbocycles. The van der Waals surface area contributed by atoms with Gasteiger partial charge in [0.15, 0.2) is 5.78 Å². The molecule has 1 heterocycles. The maximum atomic E-state index is 12.0. The van der Waals surface area contributed by atoms with Gasteiger partial charge in [-0.05, 0) is 18.3 Å². The first-order valence-electron chi connectivity index (χ1n) is 6.18. The van der Waals surface area contributed by atoms with Gasteiger partial charge in [0.25, 0.3) is 0 Å². The summed E-state index contributed by atoms with van der Waals surface area (Å²) in [7, 11) is 0. The summed E-state index contributed by atoms with van der Waals surface area (Å²) in [6, 6.07) is 0. The molecule has 2 atom stereocenters. The van der Waals surface area contributed by atoms with Crippen LogP contribution in [-0.4, -0.2) is 46.4 Å². The Bertz CT molecular complexity index is 422. The van der Waals surface area contributed by atoms with E-state index in [9.17, 15) is 14.4 Å². The van der Waals surface area contributed by atoms with Crippen LogP contribution in [0.5, 0.6) is 0 Å². The van der Waals surface area contributed by atoms with Crippen LogP contribution in [-0.2, 0) is 9.59 Å². The van der Waals surface area contributed by atoms with E-state index in [4.69, 9.17) is 5.11 Å². The Kier molecular flexibility index (Phi) is 2.83. The van der Waals surface area contributed by atoms with Gasteiger partial charge in [-0.3, -0.25) is 9.59 Å². The van der Waals surface area contributed by atoms with Crippen molar-refractivity contribution in [1.82, 2.24) is 10.2 Å². The molecule has 2 rings (SSSR count). The van der Waals surface area contributed by atoms with Crippen molar-refractivity contribution in [2.45, 2.75) is 38.6 Å². The summed E-state index contributed by atoms with van der Waals surface area (Å²) >= 11 is 0. The fourth-order valence-electron chi connectivity index (χ4n) is 3.12. The number of hydrogen-bond donors (Lipinski definition) is 2. The van der Waals surface area contributed by atoms with Crippen molar-refractivity contribution in [3.63, 3.8) is 0 Å². The van der Waals surface area contributed by atoms with Gasteiger partial charge >= 0.3 is 6.09 Å². The van der Waals surface area contributed by atoms with Gasteiger partial charge < -0.3 is 15.3 Å². The van der Waals surface area contributed by atoms with E-state index in [-0.39, 0.29) is 23.7 Å². The Morgan fingerprint density at radius 3 is 2.56 bits per heavy atom. The normalized spacial score (nSPS) is 33.9. The molecule has 0 aromatic rings. The summed E-state index contributed by atoms with van der Waals surface area (Å²) in [5.74, 6) is -0.201. The van der Waals surface area contributed by atoms with E-state index in [1.54, 1.807) is 4.90 Å². The number of nitrogens with zero attached hydrogens (tertiary/aromatic N) is 1. The molecule has 1 aliphatic carbocycles. The molecule has 1 spiro atoms. The number of ketones is 1. The Morgan fingerprint density at radius 1 is 1.50 bits per heavy atom. The Labute approximate surface area is 105 Å². The van der Waals surface area contributed by atoms with Crippen LogP contribution >= 0.6 is 0 Å². The van der Waals surface area contributed by atoms with Gasteiger partial charge in [-0.15, -0.1) is 0 Å². The summed E-state index contributed by atoms with van der Waals surface area (Å²) in [6.45, 7) is 4.34. The lowest BCUT2D eigenvalue weighted by atomic mass is 9.77. The molecule has 0 aromatic heterocycles. The van der Waals surface area contributed by atoms with Crippen molar-refractivity contribution in [3.8, 4) is 0 Å².